The quantitative estimate of drug-likeness (QED) is 0.851. The lowest BCUT2D eigenvalue weighted by molar-refractivity contribution is -0.145. The second kappa shape index (κ2) is 5.29. The molecule has 21 heavy (non-hydrogen) atoms. The van der Waals surface area contributed by atoms with Crippen LogP contribution in [0.15, 0.2) is 24.3 Å². The highest BCUT2D eigenvalue weighted by Gasteiger charge is 2.43. The Kier molecular flexibility index (Phi) is 3.82. The van der Waals surface area contributed by atoms with Crippen LogP contribution in [0.4, 0.5) is 0 Å². The third-order valence-electron chi connectivity index (χ3n) is 3.10. The Morgan fingerprint density at radius 3 is 2.05 bits per heavy atom. The summed E-state index contributed by atoms with van der Waals surface area (Å²) in [7, 11) is 0. The maximum atomic E-state index is 12.3. The average molecular weight is 291 g/mol. The zero-order valence-electron chi connectivity index (χ0n) is 12.1. The second-order valence-electron chi connectivity index (χ2n) is 5.80. The first kappa shape index (κ1) is 15.2. The molecule has 1 heterocycles. The van der Waals surface area contributed by atoms with Crippen molar-refractivity contribution in [2.45, 2.75) is 32.4 Å². The number of imide groups is 1. The van der Waals surface area contributed by atoms with Crippen molar-refractivity contribution >= 4 is 17.8 Å². The van der Waals surface area contributed by atoms with Gasteiger partial charge in [0.25, 0.3) is 11.8 Å². The van der Waals surface area contributed by atoms with Crippen molar-refractivity contribution in [2.24, 2.45) is 0 Å². The van der Waals surface area contributed by atoms with Crippen molar-refractivity contribution < 1.29 is 24.2 Å². The number of ether oxygens (including phenoxy) is 1. The molecule has 1 aromatic carbocycles. The number of nitrogens with zero attached hydrogens (tertiary/aromatic N) is 1. The number of amides is 2. The van der Waals surface area contributed by atoms with Crippen LogP contribution in [0, 0.1) is 0 Å². The first-order valence-corrected chi connectivity index (χ1v) is 6.56. The predicted octanol–water partition coefficient (Wildman–Crippen LogP) is 1.55. The molecule has 6 nitrogen and oxygen atoms in total. The number of hydrogen-bond acceptors (Lipinski definition) is 4. The summed E-state index contributed by atoms with van der Waals surface area (Å²) in [4.78, 5) is 36.7. The van der Waals surface area contributed by atoms with Gasteiger partial charge < -0.3 is 9.84 Å². The van der Waals surface area contributed by atoms with Crippen LogP contribution in [0.5, 0.6) is 0 Å². The van der Waals surface area contributed by atoms with E-state index in [0.717, 1.165) is 4.90 Å². The van der Waals surface area contributed by atoms with Gasteiger partial charge in [-0.1, -0.05) is 12.1 Å². The van der Waals surface area contributed by atoms with Gasteiger partial charge in [0.2, 0.25) is 0 Å². The molecule has 0 unspecified atom stereocenters. The topological polar surface area (TPSA) is 83.9 Å². The van der Waals surface area contributed by atoms with Crippen LogP contribution < -0.4 is 0 Å². The van der Waals surface area contributed by atoms with Crippen molar-refractivity contribution in [3.8, 4) is 0 Å². The molecule has 0 aliphatic carbocycles. The zero-order chi connectivity index (χ0) is 15.8. The largest absolute Gasteiger partial charge is 0.480 e. The van der Waals surface area contributed by atoms with Gasteiger partial charge in [-0.05, 0) is 32.9 Å². The van der Waals surface area contributed by atoms with E-state index >= 15 is 0 Å². The van der Waals surface area contributed by atoms with Gasteiger partial charge in [-0.2, -0.15) is 0 Å². The van der Waals surface area contributed by atoms with Crippen LogP contribution in [-0.4, -0.2) is 46.0 Å². The lowest BCUT2D eigenvalue weighted by atomic mass is 10.1. The molecule has 2 amide bonds. The maximum absolute atomic E-state index is 12.3. The van der Waals surface area contributed by atoms with E-state index in [4.69, 9.17) is 4.74 Å². The summed E-state index contributed by atoms with van der Waals surface area (Å²) < 4.78 is 5.43. The number of carbonyl (C=O) groups is 3. The third-order valence-corrected chi connectivity index (χ3v) is 3.10. The van der Waals surface area contributed by atoms with E-state index < -0.39 is 29.4 Å². The van der Waals surface area contributed by atoms with Crippen molar-refractivity contribution in [1.29, 1.82) is 0 Å². The fourth-order valence-corrected chi connectivity index (χ4v) is 2.08. The summed E-state index contributed by atoms with van der Waals surface area (Å²) >= 11 is 0. The van der Waals surface area contributed by atoms with Crippen molar-refractivity contribution in [2.75, 3.05) is 6.61 Å². The molecular formula is C15H17NO5. The molecule has 0 fully saturated rings. The summed E-state index contributed by atoms with van der Waals surface area (Å²) in [5.41, 5.74) is -0.110. The van der Waals surface area contributed by atoms with Gasteiger partial charge >= 0.3 is 5.97 Å². The molecule has 1 atom stereocenters. The fraction of sp³-hybridized carbons (Fsp3) is 0.400. The summed E-state index contributed by atoms with van der Waals surface area (Å²) in [5.74, 6) is -2.46. The van der Waals surface area contributed by atoms with Crippen LogP contribution in [-0.2, 0) is 9.53 Å². The van der Waals surface area contributed by atoms with Gasteiger partial charge in [-0.3, -0.25) is 14.5 Å². The Morgan fingerprint density at radius 2 is 1.67 bits per heavy atom. The maximum Gasteiger partial charge on any atom is 0.329 e. The average Bonchev–Trinajstić information content (AvgIpc) is 2.63. The van der Waals surface area contributed by atoms with E-state index in [1.165, 1.54) is 12.1 Å². The summed E-state index contributed by atoms with van der Waals surface area (Å²) in [6.45, 7) is 5.07. The number of hydrogen-bond donors (Lipinski definition) is 1. The van der Waals surface area contributed by atoms with Gasteiger partial charge in [-0.25, -0.2) is 4.79 Å². The molecule has 0 spiro atoms. The minimum absolute atomic E-state index is 0.226. The number of carboxylic acids is 1. The van der Waals surface area contributed by atoms with E-state index in [-0.39, 0.29) is 17.7 Å². The molecule has 1 aromatic rings. The Hall–Kier alpha value is -2.21. The van der Waals surface area contributed by atoms with Gasteiger partial charge in [0.1, 0.15) is 0 Å². The lowest BCUT2D eigenvalue weighted by Gasteiger charge is -2.26. The Balaban J connectivity index is 2.29. The molecule has 0 saturated heterocycles. The molecule has 0 aromatic heterocycles. The Bertz CT molecular complexity index is 567. The number of fused-ring (bicyclic) bond motifs is 1. The number of carboxylic acid groups (broad SMARTS) is 1. The number of benzene rings is 1. The standard InChI is InChI=1S/C15H17NO5/c1-15(2,3)21-8-11(14(19)20)16-12(17)9-6-4-5-7-10(9)13(16)18/h4-7,11H,8H2,1-3H3,(H,19,20)/t11-/m1/s1. The van der Waals surface area contributed by atoms with E-state index in [1.807, 2.05) is 0 Å². The molecule has 2 rings (SSSR count). The molecule has 1 aliphatic heterocycles. The number of carbonyl (C=O) groups excluding carboxylic acids is 2. The summed E-state index contributed by atoms with van der Waals surface area (Å²) in [5, 5.41) is 9.32. The molecule has 0 radical (unpaired) electrons. The zero-order valence-corrected chi connectivity index (χ0v) is 12.1. The molecule has 1 aliphatic rings. The Labute approximate surface area is 122 Å². The lowest BCUT2D eigenvalue weighted by Crippen LogP contribution is -2.48. The molecular weight excluding hydrogens is 274 g/mol. The molecule has 0 saturated carbocycles. The molecule has 0 bridgehead atoms. The predicted molar refractivity (Wildman–Crippen MR) is 74.1 cm³/mol. The minimum Gasteiger partial charge on any atom is -0.480 e. The molecule has 112 valence electrons. The highest BCUT2D eigenvalue weighted by molar-refractivity contribution is 6.22. The number of rotatable bonds is 4. The Morgan fingerprint density at radius 1 is 1.19 bits per heavy atom. The SMILES string of the molecule is CC(C)(C)OC[C@H](C(=O)O)N1C(=O)c2ccccc2C1=O. The monoisotopic (exact) mass is 291 g/mol. The summed E-state index contributed by atoms with van der Waals surface area (Å²) in [6, 6.07) is 4.96. The van der Waals surface area contributed by atoms with Crippen molar-refractivity contribution in [1.82, 2.24) is 4.90 Å². The van der Waals surface area contributed by atoms with Crippen LogP contribution in [0.1, 0.15) is 41.5 Å². The first-order chi connectivity index (χ1) is 9.72. The van der Waals surface area contributed by atoms with Gasteiger partial charge in [0, 0.05) is 0 Å². The van der Waals surface area contributed by atoms with Crippen LogP contribution in [0.2, 0.25) is 0 Å². The van der Waals surface area contributed by atoms with Gasteiger partial charge in [0.05, 0.1) is 23.3 Å². The highest BCUT2D eigenvalue weighted by atomic mass is 16.5. The van der Waals surface area contributed by atoms with Crippen LogP contribution >= 0.6 is 0 Å². The minimum atomic E-state index is -1.34. The van der Waals surface area contributed by atoms with E-state index in [1.54, 1.807) is 32.9 Å². The second-order valence-corrected chi connectivity index (χ2v) is 5.80. The van der Waals surface area contributed by atoms with Gasteiger partial charge in [-0.15, -0.1) is 0 Å². The van der Waals surface area contributed by atoms with Crippen LogP contribution in [0.25, 0.3) is 0 Å². The van der Waals surface area contributed by atoms with Gasteiger partial charge in [0.15, 0.2) is 6.04 Å². The van der Waals surface area contributed by atoms with E-state index in [2.05, 4.69) is 0 Å². The first-order valence-electron chi connectivity index (χ1n) is 6.56. The van der Waals surface area contributed by atoms with E-state index in [9.17, 15) is 19.5 Å². The molecule has 6 heteroatoms. The summed E-state index contributed by atoms with van der Waals surface area (Å²) in [6.07, 6.45) is 0. The van der Waals surface area contributed by atoms with E-state index in [0.29, 0.717) is 0 Å². The molecule has 1 N–H and O–H groups in total. The van der Waals surface area contributed by atoms with Crippen molar-refractivity contribution in [3.63, 3.8) is 0 Å². The van der Waals surface area contributed by atoms with Crippen molar-refractivity contribution in [3.05, 3.63) is 35.4 Å². The highest BCUT2D eigenvalue weighted by Crippen LogP contribution is 2.25. The normalized spacial score (nSPS) is 16.0. The third kappa shape index (κ3) is 2.95. The number of aliphatic carboxylic acids is 1. The smallest absolute Gasteiger partial charge is 0.329 e. The fourth-order valence-electron chi connectivity index (χ4n) is 2.08. The van der Waals surface area contributed by atoms with Crippen LogP contribution in [0.3, 0.4) is 0 Å².